The minimum atomic E-state index is 0.135. The van der Waals surface area contributed by atoms with Crippen molar-refractivity contribution in [1.29, 1.82) is 0 Å². The normalized spacial score (nSPS) is 23.4. The molecule has 0 bridgehead atoms. The summed E-state index contributed by atoms with van der Waals surface area (Å²) in [5.74, 6) is 0.734. The van der Waals surface area contributed by atoms with Crippen LogP contribution in [0.4, 0.5) is 5.69 Å². The van der Waals surface area contributed by atoms with E-state index in [0.717, 1.165) is 24.3 Å². The van der Waals surface area contributed by atoms with Crippen molar-refractivity contribution in [2.45, 2.75) is 44.9 Å². The summed E-state index contributed by atoms with van der Waals surface area (Å²) in [7, 11) is 0. The highest BCUT2D eigenvalue weighted by molar-refractivity contribution is 6.32. The summed E-state index contributed by atoms with van der Waals surface area (Å²) in [6.45, 7) is 3.97. The summed E-state index contributed by atoms with van der Waals surface area (Å²) in [5, 5.41) is 4.06. The van der Waals surface area contributed by atoms with Crippen molar-refractivity contribution in [1.82, 2.24) is 0 Å². The lowest BCUT2D eigenvalue weighted by Gasteiger charge is -2.33. The highest BCUT2D eigenvalue weighted by Gasteiger charge is 2.25. The van der Waals surface area contributed by atoms with E-state index >= 15 is 0 Å². The van der Waals surface area contributed by atoms with E-state index in [9.17, 15) is 0 Å². The molecule has 3 N–H and O–H groups in total. The lowest BCUT2D eigenvalue weighted by molar-refractivity contribution is 0.242. The Hall–Kier alpha value is -0.930. The van der Waals surface area contributed by atoms with Crippen LogP contribution in [0.15, 0.2) is 18.2 Å². The molecule has 3 nitrogen and oxygen atoms in total. The number of hydrogen-bond donors (Lipinski definition) is 2. The van der Waals surface area contributed by atoms with E-state index < -0.39 is 0 Å². The van der Waals surface area contributed by atoms with E-state index in [1.165, 1.54) is 0 Å². The third kappa shape index (κ3) is 3.27. The lowest BCUT2D eigenvalue weighted by atomic mass is 9.87. The Bertz CT molecular complexity index is 389. The molecule has 1 aromatic carbocycles. The first-order chi connectivity index (χ1) is 8.04. The third-order valence-corrected chi connectivity index (χ3v) is 3.14. The van der Waals surface area contributed by atoms with E-state index in [2.05, 4.69) is 5.32 Å². The van der Waals surface area contributed by atoms with Crippen molar-refractivity contribution in [3.8, 4) is 5.75 Å². The molecular formula is C13H19ClN2O. The SMILES string of the molecule is CC(C)Oc1ccc(NC2CC(N)C2)cc1Cl. The van der Waals surface area contributed by atoms with Crippen LogP contribution in [0.25, 0.3) is 0 Å². The largest absolute Gasteiger partial charge is 0.489 e. The molecule has 1 aliphatic rings. The molecule has 1 aromatic rings. The van der Waals surface area contributed by atoms with Gasteiger partial charge in [-0.25, -0.2) is 0 Å². The zero-order chi connectivity index (χ0) is 12.4. The molecule has 0 atom stereocenters. The maximum Gasteiger partial charge on any atom is 0.138 e. The molecule has 1 fully saturated rings. The van der Waals surface area contributed by atoms with Gasteiger partial charge in [-0.3, -0.25) is 0 Å². The van der Waals surface area contributed by atoms with E-state index in [1.54, 1.807) is 0 Å². The minimum Gasteiger partial charge on any atom is -0.489 e. The Kier molecular flexibility index (Phi) is 3.79. The number of anilines is 1. The van der Waals surface area contributed by atoms with Crippen LogP contribution in [0, 0.1) is 0 Å². The van der Waals surface area contributed by atoms with E-state index in [4.69, 9.17) is 22.1 Å². The van der Waals surface area contributed by atoms with Gasteiger partial charge in [-0.2, -0.15) is 0 Å². The van der Waals surface area contributed by atoms with E-state index in [1.807, 2.05) is 32.0 Å². The van der Waals surface area contributed by atoms with Gasteiger partial charge in [-0.05, 0) is 44.9 Å². The van der Waals surface area contributed by atoms with Crippen molar-refractivity contribution < 1.29 is 4.74 Å². The molecule has 0 unspecified atom stereocenters. The Balaban J connectivity index is 1.98. The summed E-state index contributed by atoms with van der Waals surface area (Å²) in [6.07, 6.45) is 2.19. The molecule has 0 aromatic heterocycles. The van der Waals surface area contributed by atoms with Crippen LogP contribution in [-0.2, 0) is 0 Å². The lowest BCUT2D eigenvalue weighted by Crippen LogP contribution is -2.44. The first-order valence-corrected chi connectivity index (χ1v) is 6.40. The maximum absolute atomic E-state index is 6.16. The van der Waals surface area contributed by atoms with Crippen LogP contribution in [0.5, 0.6) is 5.75 Å². The number of halogens is 1. The first-order valence-electron chi connectivity index (χ1n) is 6.03. The molecule has 1 aliphatic carbocycles. The first kappa shape index (κ1) is 12.5. The number of hydrogen-bond acceptors (Lipinski definition) is 3. The van der Waals surface area contributed by atoms with Crippen molar-refractivity contribution in [2.75, 3.05) is 5.32 Å². The third-order valence-electron chi connectivity index (χ3n) is 2.84. The Morgan fingerprint density at radius 2 is 2.12 bits per heavy atom. The average Bonchev–Trinajstić information content (AvgIpc) is 2.19. The van der Waals surface area contributed by atoms with Crippen molar-refractivity contribution in [3.05, 3.63) is 23.2 Å². The van der Waals surface area contributed by atoms with Gasteiger partial charge < -0.3 is 15.8 Å². The number of nitrogens with two attached hydrogens (primary N) is 1. The zero-order valence-electron chi connectivity index (χ0n) is 10.2. The summed E-state index contributed by atoms with van der Waals surface area (Å²) in [5.41, 5.74) is 6.78. The molecule has 0 spiro atoms. The Labute approximate surface area is 107 Å². The van der Waals surface area contributed by atoms with Gasteiger partial charge in [-0.15, -0.1) is 0 Å². The molecule has 0 radical (unpaired) electrons. The van der Waals surface area contributed by atoms with Crippen LogP contribution >= 0.6 is 11.6 Å². The molecule has 1 saturated carbocycles. The smallest absolute Gasteiger partial charge is 0.138 e. The fraction of sp³-hybridized carbons (Fsp3) is 0.538. The number of nitrogens with one attached hydrogen (secondary N) is 1. The topological polar surface area (TPSA) is 47.3 Å². The fourth-order valence-electron chi connectivity index (χ4n) is 1.96. The second-order valence-electron chi connectivity index (χ2n) is 4.88. The van der Waals surface area contributed by atoms with E-state index in [-0.39, 0.29) is 6.10 Å². The van der Waals surface area contributed by atoms with Crippen LogP contribution in [0.2, 0.25) is 5.02 Å². The Morgan fingerprint density at radius 3 is 2.65 bits per heavy atom. The molecule has 4 heteroatoms. The average molecular weight is 255 g/mol. The van der Waals surface area contributed by atoms with Gasteiger partial charge in [0, 0.05) is 17.8 Å². The molecule has 94 valence electrons. The monoisotopic (exact) mass is 254 g/mol. The number of benzene rings is 1. The maximum atomic E-state index is 6.16. The minimum absolute atomic E-state index is 0.135. The summed E-state index contributed by atoms with van der Waals surface area (Å²) < 4.78 is 5.58. The van der Waals surface area contributed by atoms with Crippen LogP contribution in [0.1, 0.15) is 26.7 Å². The van der Waals surface area contributed by atoms with Gasteiger partial charge in [0.2, 0.25) is 0 Å². The summed E-state index contributed by atoms with van der Waals surface area (Å²) in [4.78, 5) is 0. The van der Waals surface area contributed by atoms with Gasteiger partial charge in [0.15, 0.2) is 0 Å². The Morgan fingerprint density at radius 1 is 1.41 bits per heavy atom. The highest BCUT2D eigenvalue weighted by atomic mass is 35.5. The fourth-order valence-corrected chi connectivity index (χ4v) is 2.18. The predicted octanol–water partition coefficient (Wildman–Crippen LogP) is 3.03. The van der Waals surface area contributed by atoms with Crippen LogP contribution in [-0.4, -0.2) is 18.2 Å². The predicted molar refractivity (Wildman–Crippen MR) is 71.8 cm³/mol. The molecule has 2 rings (SSSR count). The van der Waals surface area contributed by atoms with Gasteiger partial charge >= 0.3 is 0 Å². The van der Waals surface area contributed by atoms with Crippen molar-refractivity contribution in [2.24, 2.45) is 5.73 Å². The second kappa shape index (κ2) is 5.15. The number of rotatable bonds is 4. The van der Waals surface area contributed by atoms with E-state index in [0.29, 0.717) is 17.1 Å². The standard InChI is InChI=1S/C13H19ClN2O/c1-8(2)17-13-4-3-10(7-12(13)14)16-11-5-9(15)6-11/h3-4,7-9,11,16H,5-6,15H2,1-2H3. The van der Waals surface area contributed by atoms with Gasteiger partial charge in [0.1, 0.15) is 5.75 Å². The number of ether oxygens (including phenoxy) is 1. The quantitative estimate of drug-likeness (QED) is 0.868. The van der Waals surface area contributed by atoms with Gasteiger partial charge in [0.25, 0.3) is 0 Å². The second-order valence-corrected chi connectivity index (χ2v) is 5.29. The van der Waals surface area contributed by atoms with Gasteiger partial charge in [-0.1, -0.05) is 11.6 Å². The highest BCUT2D eigenvalue weighted by Crippen LogP contribution is 2.30. The molecule has 0 aliphatic heterocycles. The molecule has 17 heavy (non-hydrogen) atoms. The molecular weight excluding hydrogens is 236 g/mol. The molecule has 0 amide bonds. The summed E-state index contributed by atoms with van der Waals surface area (Å²) >= 11 is 6.16. The van der Waals surface area contributed by atoms with Crippen molar-refractivity contribution in [3.63, 3.8) is 0 Å². The van der Waals surface area contributed by atoms with Crippen LogP contribution < -0.4 is 15.8 Å². The van der Waals surface area contributed by atoms with Gasteiger partial charge in [0.05, 0.1) is 11.1 Å². The van der Waals surface area contributed by atoms with Crippen LogP contribution in [0.3, 0.4) is 0 Å². The summed E-state index contributed by atoms with van der Waals surface area (Å²) in [6, 6.07) is 6.64. The molecule has 0 saturated heterocycles. The zero-order valence-corrected chi connectivity index (χ0v) is 11.0. The molecule has 0 heterocycles. The van der Waals surface area contributed by atoms with Crippen molar-refractivity contribution >= 4 is 17.3 Å².